The highest BCUT2D eigenvalue weighted by atomic mass is 32.1. The first-order valence-electron chi connectivity index (χ1n) is 12.3. The minimum atomic E-state index is -0.241. The van der Waals surface area contributed by atoms with Crippen LogP contribution in [0.25, 0.3) is 0 Å². The largest absolute Gasteiger partial charge is 0.343 e. The lowest BCUT2D eigenvalue weighted by atomic mass is 9.90. The summed E-state index contributed by atoms with van der Waals surface area (Å²) in [6, 6.07) is 10.0. The molecule has 7 nitrogen and oxygen atoms in total. The van der Waals surface area contributed by atoms with Crippen LogP contribution in [0.15, 0.2) is 30.3 Å². The molecule has 176 valence electrons. The summed E-state index contributed by atoms with van der Waals surface area (Å²) >= 11 is 1.73. The Morgan fingerprint density at radius 1 is 1.03 bits per heavy atom. The number of rotatable bonds is 5. The first kappa shape index (κ1) is 22.3. The number of carbonyl (C=O) groups excluding carboxylic acids is 2. The molecule has 2 aliphatic heterocycles. The molecule has 2 atom stereocenters. The van der Waals surface area contributed by atoms with Crippen molar-refractivity contribution in [2.75, 3.05) is 37.6 Å². The van der Waals surface area contributed by atoms with Crippen LogP contribution in [0.4, 0.5) is 5.13 Å². The number of likely N-dealkylation sites (tertiary alicyclic amines) is 1. The van der Waals surface area contributed by atoms with Gasteiger partial charge in [-0.15, -0.1) is 10.2 Å². The summed E-state index contributed by atoms with van der Waals surface area (Å²) < 4.78 is 0. The fourth-order valence-electron chi connectivity index (χ4n) is 5.43. The third-order valence-corrected chi connectivity index (χ3v) is 8.65. The molecule has 3 fully saturated rings. The smallest absolute Gasteiger partial charge is 0.228 e. The lowest BCUT2D eigenvalue weighted by Crippen LogP contribution is -2.50. The van der Waals surface area contributed by atoms with E-state index in [1.165, 1.54) is 37.1 Å². The Morgan fingerprint density at radius 2 is 1.76 bits per heavy atom. The van der Waals surface area contributed by atoms with Crippen LogP contribution < -0.4 is 4.90 Å². The molecule has 0 bridgehead atoms. The van der Waals surface area contributed by atoms with Gasteiger partial charge in [0.05, 0.1) is 12.0 Å². The topological polar surface area (TPSA) is 69.6 Å². The van der Waals surface area contributed by atoms with Crippen LogP contribution in [0.1, 0.15) is 68.0 Å². The first-order chi connectivity index (χ1) is 16.1. The molecule has 8 heteroatoms. The highest BCUT2D eigenvalue weighted by Gasteiger charge is 2.39. The van der Waals surface area contributed by atoms with Gasteiger partial charge in [0.25, 0.3) is 0 Å². The van der Waals surface area contributed by atoms with Gasteiger partial charge in [-0.2, -0.15) is 0 Å². The number of aromatic nitrogens is 2. The predicted molar refractivity (Wildman–Crippen MR) is 129 cm³/mol. The molecular weight excluding hydrogens is 434 g/mol. The minimum Gasteiger partial charge on any atom is -0.343 e. The van der Waals surface area contributed by atoms with Gasteiger partial charge in [-0.25, -0.2) is 0 Å². The summed E-state index contributed by atoms with van der Waals surface area (Å²) in [7, 11) is 0. The van der Waals surface area contributed by atoms with Crippen molar-refractivity contribution in [1.82, 2.24) is 20.0 Å². The molecule has 5 rings (SSSR count). The van der Waals surface area contributed by atoms with E-state index in [0.29, 0.717) is 32.0 Å². The van der Waals surface area contributed by atoms with E-state index in [2.05, 4.69) is 15.1 Å². The van der Waals surface area contributed by atoms with E-state index in [4.69, 9.17) is 0 Å². The third-order valence-electron chi connectivity index (χ3n) is 7.50. The van der Waals surface area contributed by atoms with Gasteiger partial charge in [0.2, 0.25) is 16.9 Å². The molecule has 2 unspecified atom stereocenters. The van der Waals surface area contributed by atoms with Crippen molar-refractivity contribution in [1.29, 1.82) is 0 Å². The maximum absolute atomic E-state index is 13.2. The molecule has 33 heavy (non-hydrogen) atoms. The van der Waals surface area contributed by atoms with Gasteiger partial charge < -0.3 is 14.7 Å². The molecule has 3 aliphatic rings. The Hall–Kier alpha value is -2.48. The van der Waals surface area contributed by atoms with Crippen LogP contribution in [-0.4, -0.2) is 64.5 Å². The summed E-state index contributed by atoms with van der Waals surface area (Å²) in [5, 5.41) is 11.1. The fraction of sp³-hybridized carbons (Fsp3) is 0.600. The summed E-state index contributed by atoms with van der Waals surface area (Å²) in [6.45, 7) is 5.45. The molecule has 0 spiro atoms. The molecule has 2 aromatic rings. The molecule has 2 saturated heterocycles. The normalized spacial score (nSPS) is 23.2. The van der Waals surface area contributed by atoms with Crippen LogP contribution in [0.2, 0.25) is 0 Å². The van der Waals surface area contributed by atoms with Gasteiger partial charge in [0.15, 0.2) is 0 Å². The Bertz CT molecular complexity index is 966. The maximum Gasteiger partial charge on any atom is 0.228 e. The average molecular weight is 468 g/mol. The molecule has 0 radical (unpaired) electrons. The molecule has 1 saturated carbocycles. The van der Waals surface area contributed by atoms with Gasteiger partial charge in [-0.05, 0) is 25.3 Å². The zero-order valence-electron chi connectivity index (χ0n) is 19.4. The highest BCUT2D eigenvalue weighted by molar-refractivity contribution is 7.15. The quantitative estimate of drug-likeness (QED) is 0.668. The van der Waals surface area contributed by atoms with E-state index in [0.717, 1.165) is 23.8 Å². The number of hydrogen-bond acceptors (Lipinski definition) is 6. The van der Waals surface area contributed by atoms with E-state index in [-0.39, 0.29) is 23.8 Å². The SMILES string of the molecule is CC(c1ccccc1)N1CC(C(=O)N2CCN(c3nnc(C4CCCCC4)s3)CC2)CC1=O. The van der Waals surface area contributed by atoms with Crippen molar-refractivity contribution in [2.24, 2.45) is 5.92 Å². The van der Waals surface area contributed by atoms with Gasteiger partial charge >= 0.3 is 0 Å². The molecule has 1 aliphatic carbocycles. The summed E-state index contributed by atoms with van der Waals surface area (Å²) in [5.41, 5.74) is 1.11. The van der Waals surface area contributed by atoms with Crippen molar-refractivity contribution in [3.05, 3.63) is 40.9 Å². The number of hydrogen-bond donors (Lipinski definition) is 0. The molecule has 2 amide bonds. The number of carbonyl (C=O) groups is 2. The average Bonchev–Trinajstić information content (AvgIpc) is 3.52. The Kier molecular flexibility index (Phi) is 6.62. The van der Waals surface area contributed by atoms with E-state index in [1.54, 1.807) is 11.3 Å². The summed E-state index contributed by atoms with van der Waals surface area (Å²) in [6.07, 6.45) is 6.72. The zero-order valence-corrected chi connectivity index (χ0v) is 20.2. The summed E-state index contributed by atoms with van der Waals surface area (Å²) in [4.78, 5) is 32.0. The first-order valence-corrected chi connectivity index (χ1v) is 13.1. The van der Waals surface area contributed by atoms with E-state index in [9.17, 15) is 9.59 Å². The van der Waals surface area contributed by atoms with Crippen molar-refractivity contribution in [3.63, 3.8) is 0 Å². The lowest BCUT2D eigenvalue weighted by molar-refractivity contribution is -0.136. The molecular formula is C25H33N5O2S. The van der Waals surface area contributed by atoms with Crippen LogP contribution in [0.5, 0.6) is 0 Å². The number of amides is 2. The number of anilines is 1. The van der Waals surface area contributed by atoms with Crippen LogP contribution in [-0.2, 0) is 9.59 Å². The molecule has 1 aromatic heterocycles. The maximum atomic E-state index is 13.2. The second-order valence-corrected chi connectivity index (χ2v) is 10.6. The Labute approximate surface area is 199 Å². The van der Waals surface area contributed by atoms with Crippen LogP contribution in [0.3, 0.4) is 0 Å². The zero-order chi connectivity index (χ0) is 22.8. The predicted octanol–water partition coefficient (Wildman–Crippen LogP) is 3.84. The van der Waals surface area contributed by atoms with E-state index < -0.39 is 0 Å². The number of benzene rings is 1. The molecule has 1 aromatic carbocycles. The van der Waals surface area contributed by atoms with Crippen molar-refractivity contribution >= 4 is 28.3 Å². The molecule has 3 heterocycles. The van der Waals surface area contributed by atoms with Crippen LogP contribution in [0, 0.1) is 5.92 Å². The lowest BCUT2D eigenvalue weighted by Gasteiger charge is -2.35. The van der Waals surface area contributed by atoms with Gasteiger partial charge in [-0.3, -0.25) is 9.59 Å². The van der Waals surface area contributed by atoms with Crippen LogP contribution >= 0.6 is 11.3 Å². The second-order valence-electron chi connectivity index (χ2n) is 9.60. The van der Waals surface area contributed by atoms with Gasteiger partial charge in [0, 0.05) is 45.1 Å². The Morgan fingerprint density at radius 3 is 2.48 bits per heavy atom. The highest BCUT2D eigenvalue weighted by Crippen LogP contribution is 2.36. The summed E-state index contributed by atoms with van der Waals surface area (Å²) in [5.74, 6) is 0.530. The van der Waals surface area contributed by atoms with Crippen molar-refractivity contribution in [2.45, 2.75) is 57.4 Å². The fourth-order valence-corrected chi connectivity index (χ4v) is 6.49. The third kappa shape index (κ3) is 4.76. The van der Waals surface area contributed by atoms with E-state index in [1.807, 2.05) is 47.1 Å². The van der Waals surface area contributed by atoms with Gasteiger partial charge in [0.1, 0.15) is 5.01 Å². The Balaban J connectivity index is 1.15. The van der Waals surface area contributed by atoms with Crippen molar-refractivity contribution in [3.8, 4) is 0 Å². The second kappa shape index (κ2) is 9.79. The minimum absolute atomic E-state index is 0.0101. The van der Waals surface area contributed by atoms with E-state index >= 15 is 0 Å². The standard InChI is InChI=1S/C25H33N5O2S/c1-18(19-8-4-2-5-9-19)30-17-21(16-22(30)31)24(32)28-12-14-29(15-13-28)25-27-26-23(33-25)20-10-6-3-7-11-20/h2,4-5,8-9,18,20-21H,3,6-7,10-17H2,1H3. The van der Waals surface area contributed by atoms with Gasteiger partial charge in [-0.1, -0.05) is 60.9 Å². The monoisotopic (exact) mass is 467 g/mol. The number of piperazine rings is 1. The number of nitrogens with zero attached hydrogens (tertiary/aromatic N) is 5. The molecule has 0 N–H and O–H groups in total. The van der Waals surface area contributed by atoms with Crippen molar-refractivity contribution < 1.29 is 9.59 Å².